The maximum atomic E-state index is 12.0. The van der Waals surface area contributed by atoms with Crippen molar-refractivity contribution in [3.05, 3.63) is 35.9 Å². The second-order valence-corrected chi connectivity index (χ2v) is 5.71. The number of carbonyl (C=O) groups is 1. The minimum absolute atomic E-state index is 0.0595. The minimum Gasteiger partial charge on any atom is -0.336 e. The highest BCUT2D eigenvalue weighted by Crippen LogP contribution is 2.35. The molecule has 1 aliphatic carbocycles. The van der Waals surface area contributed by atoms with E-state index in [4.69, 9.17) is 0 Å². The van der Waals surface area contributed by atoms with Crippen LogP contribution in [0.3, 0.4) is 0 Å². The number of hydrogen-bond acceptors (Lipinski definition) is 1. The molecule has 0 heterocycles. The van der Waals surface area contributed by atoms with Gasteiger partial charge in [-0.15, -0.1) is 0 Å². The Labute approximate surface area is 115 Å². The van der Waals surface area contributed by atoms with Crippen LogP contribution >= 0.6 is 0 Å². The Balaban J connectivity index is 2.08. The molecule has 0 saturated heterocycles. The Hall–Kier alpha value is -1.51. The van der Waals surface area contributed by atoms with Crippen molar-refractivity contribution >= 4 is 6.03 Å². The standard InChI is InChI=1S/C16H24N2O/c1-12(2)17-16(19)18-15(14-10-6-7-11-14)13-8-4-3-5-9-13/h3-5,8-9,12,14-15H,6-7,10-11H2,1-2H3,(H2,17,18,19). The van der Waals surface area contributed by atoms with Crippen LogP contribution < -0.4 is 10.6 Å². The fourth-order valence-corrected chi connectivity index (χ4v) is 2.87. The lowest BCUT2D eigenvalue weighted by molar-refractivity contribution is 0.228. The van der Waals surface area contributed by atoms with Crippen LogP contribution in [0.5, 0.6) is 0 Å². The molecule has 1 fully saturated rings. The monoisotopic (exact) mass is 260 g/mol. The highest BCUT2D eigenvalue weighted by atomic mass is 16.2. The Kier molecular flexibility index (Phi) is 4.83. The van der Waals surface area contributed by atoms with Crippen LogP contribution in [0.2, 0.25) is 0 Å². The summed E-state index contributed by atoms with van der Waals surface area (Å²) in [6, 6.07) is 10.6. The molecule has 3 nitrogen and oxygen atoms in total. The number of carbonyl (C=O) groups excluding carboxylic acids is 1. The number of urea groups is 1. The zero-order valence-electron chi connectivity index (χ0n) is 11.9. The predicted molar refractivity (Wildman–Crippen MR) is 77.9 cm³/mol. The molecule has 2 N–H and O–H groups in total. The summed E-state index contributed by atoms with van der Waals surface area (Å²) in [5, 5.41) is 6.07. The normalized spacial score (nSPS) is 17.4. The van der Waals surface area contributed by atoms with Gasteiger partial charge in [0.2, 0.25) is 0 Å². The molecular formula is C16H24N2O. The lowest BCUT2D eigenvalue weighted by Crippen LogP contribution is -2.43. The Morgan fingerprint density at radius 3 is 2.32 bits per heavy atom. The first kappa shape index (κ1) is 13.9. The second kappa shape index (κ2) is 6.60. The molecule has 0 radical (unpaired) electrons. The molecule has 2 rings (SSSR count). The fourth-order valence-electron chi connectivity index (χ4n) is 2.87. The Morgan fingerprint density at radius 2 is 1.74 bits per heavy atom. The Morgan fingerprint density at radius 1 is 1.11 bits per heavy atom. The SMILES string of the molecule is CC(C)NC(=O)NC(c1ccccc1)C1CCCC1. The van der Waals surface area contributed by atoms with E-state index in [9.17, 15) is 4.79 Å². The number of benzene rings is 1. The molecule has 0 spiro atoms. The number of amides is 2. The van der Waals surface area contributed by atoms with Gasteiger partial charge < -0.3 is 10.6 Å². The van der Waals surface area contributed by atoms with Gasteiger partial charge in [0.05, 0.1) is 6.04 Å². The fraction of sp³-hybridized carbons (Fsp3) is 0.562. The molecule has 0 aromatic heterocycles. The van der Waals surface area contributed by atoms with E-state index in [-0.39, 0.29) is 18.1 Å². The molecule has 3 heteroatoms. The molecule has 0 aliphatic heterocycles. The third-order valence-corrected chi connectivity index (χ3v) is 3.74. The summed E-state index contributed by atoms with van der Waals surface area (Å²) in [6.45, 7) is 3.96. The van der Waals surface area contributed by atoms with Gasteiger partial charge in [-0.2, -0.15) is 0 Å². The van der Waals surface area contributed by atoms with Crippen LogP contribution in [-0.4, -0.2) is 12.1 Å². The molecule has 1 aliphatic rings. The lowest BCUT2D eigenvalue weighted by Gasteiger charge is -2.26. The molecule has 1 aromatic rings. The van der Waals surface area contributed by atoms with Crippen LogP contribution in [0, 0.1) is 5.92 Å². The highest BCUT2D eigenvalue weighted by Gasteiger charge is 2.27. The Bertz CT molecular complexity index is 396. The van der Waals surface area contributed by atoms with E-state index < -0.39 is 0 Å². The van der Waals surface area contributed by atoms with Gasteiger partial charge in [-0.3, -0.25) is 0 Å². The first-order valence-electron chi connectivity index (χ1n) is 7.29. The quantitative estimate of drug-likeness (QED) is 0.853. The van der Waals surface area contributed by atoms with Crippen molar-refractivity contribution in [3.8, 4) is 0 Å². The summed E-state index contributed by atoms with van der Waals surface area (Å²) >= 11 is 0. The van der Waals surface area contributed by atoms with Crippen LogP contribution in [0.1, 0.15) is 51.1 Å². The van der Waals surface area contributed by atoms with Gasteiger partial charge in [-0.25, -0.2) is 4.79 Å². The number of nitrogens with one attached hydrogen (secondary N) is 2. The van der Waals surface area contributed by atoms with Gasteiger partial charge in [0.1, 0.15) is 0 Å². The summed E-state index contributed by atoms with van der Waals surface area (Å²) in [4.78, 5) is 12.0. The van der Waals surface area contributed by atoms with E-state index >= 15 is 0 Å². The first-order valence-corrected chi connectivity index (χ1v) is 7.29. The number of hydrogen-bond donors (Lipinski definition) is 2. The maximum absolute atomic E-state index is 12.0. The maximum Gasteiger partial charge on any atom is 0.315 e. The van der Waals surface area contributed by atoms with Crippen LogP contribution in [0.4, 0.5) is 4.79 Å². The van der Waals surface area contributed by atoms with Gasteiger partial charge in [0.25, 0.3) is 0 Å². The van der Waals surface area contributed by atoms with Crippen LogP contribution in [0.25, 0.3) is 0 Å². The van der Waals surface area contributed by atoms with Crippen LogP contribution in [-0.2, 0) is 0 Å². The summed E-state index contributed by atoms with van der Waals surface area (Å²) in [6.07, 6.45) is 4.98. The van der Waals surface area contributed by atoms with Gasteiger partial charge in [-0.05, 0) is 38.2 Å². The van der Waals surface area contributed by atoms with E-state index in [1.54, 1.807) is 0 Å². The van der Waals surface area contributed by atoms with Crippen molar-refractivity contribution in [2.24, 2.45) is 5.92 Å². The van der Waals surface area contributed by atoms with E-state index in [1.165, 1.54) is 31.2 Å². The summed E-state index contributed by atoms with van der Waals surface area (Å²) in [7, 11) is 0. The molecule has 1 saturated carbocycles. The zero-order chi connectivity index (χ0) is 13.7. The number of rotatable bonds is 4. The topological polar surface area (TPSA) is 41.1 Å². The summed E-state index contributed by atoms with van der Waals surface area (Å²) in [5.41, 5.74) is 1.22. The van der Waals surface area contributed by atoms with E-state index in [2.05, 4.69) is 22.8 Å². The molecule has 2 amide bonds. The van der Waals surface area contributed by atoms with Gasteiger partial charge >= 0.3 is 6.03 Å². The zero-order valence-corrected chi connectivity index (χ0v) is 11.9. The molecule has 104 valence electrons. The summed E-state index contributed by atoms with van der Waals surface area (Å²) < 4.78 is 0. The van der Waals surface area contributed by atoms with E-state index in [0.29, 0.717) is 5.92 Å². The van der Waals surface area contributed by atoms with Crippen molar-refractivity contribution in [1.82, 2.24) is 10.6 Å². The van der Waals surface area contributed by atoms with Crippen molar-refractivity contribution in [2.45, 2.75) is 51.6 Å². The van der Waals surface area contributed by atoms with E-state index in [0.717, 1.165) is 0 Å². The second-order valence-electron chi connectivity index (χ2n) is 5.71. The molecule has 19 heavy (non-hydrogen) atoms. The van der Waals surface area contributed by atoms with Gasteiger partial charge in [0.15, 0.2) is 0 Å². The lowest BCUT2D eigenvalue weighted by atomic mass is 9.92. The average Bonchev–Trinajstić information content (AvgIpc) is 2.90. The molecule has 1 aromatic carbocycles. The minimum atomic E-state index is -0.0595. The first-order chi connectivity index (χ1) is 9.16. The van der Waals surface area contributed by atoms with Crippen LogP contribution in [0.15, 0.2) is 30.3 Å². The molecule has 1 atom stereocenters. The van der Waals surface area contributed by atoms with Gasteiger partial charge in [-0.1, -0.05) is 43.2 Å². The van der Waals surface area contributed by atoms with E-state index in [1.807, 2.05) is 32.0 Å². The molecule has 1 unspecified atom stereocenters. The molecule has 0 bridgehead atoms. The van der Waals surface area contributed by atoms with Crippen molar-refractivity contribution in [1.29, 1.82) is 0 Å². The smallest absolute Gasteiger partial charge is 0.315 e. The third-order valence-electron chi connectivity index (χ3n) is 3.74. The molecular weight excluding hydrogens is 236 g/mol. The van der Waals surface area contributed by atoms with Crippen molar-refractivity contribution < 1.29 is 4.79 Å². The van der Waals surface area contributed by atoms with Crippen molar-refractivity contribution in [3.63, 3.8) is 0 Å². The van der Waals surface area contributed by atoms with Crippen molar-refractivity contribution in [2.75, 3.05) is 0 Å². The average molecular weight is 260 g/mol. The van der Waals surface area contributed by atoms with Gasteiger partial charge in [0, 0.05) is 6.04 Å². The highest BCUT2D eigenvalue weighted by molar-refractivity contribution is 5.74. The largest absolute Gasteiger partial charge is 0.336 e. The third kappa shape index (κ3) is 3.98. The summed E-state index contributed by atoms with van der Waals surface area (Å²) in [5.74, 6) is 0.570. The predicted octanol–water partition coefficient (Wildman–Crippen LogP) is 3.63.